The summed E-state index contributed by atoms with van der Waals surface area (Å²) in [7, 11) is 0. The van der Waals surface area contributed by atoms with E-state index in [9.17, 15) is 13.2 Å². The fourth-order valence-corrected chi connectivity index (χ4v) is 1.63. The Morgan fingerprint density at radius 3 is 2.67 bits per heavy atom. The number of halogens is 3. The van der Waals surface area contributed by atoms with Crippen LogP contribution in [-0.2, 0) is 4.74 Å². The first-order chi connectivity index (χ1) is 7.08. The van der Waals surface area contributed by atoms with Gasteiger partial charge in [0, 0.05) is 19.6 Å². The van der Waals surface area contributed by atoms with Crippen LogP contribution in [0.15, 0.2) is 0 Å². The summed E-state index contributed by atoms with van der Waals surface area (Å²) in [6, 6.07) is 0. The van der Waals surface area contributed by atoms with Gasteiger partial charge >= 0.3 is 6.18 Å². The minimum absolute atomic E-state index is 0.220. The number of rotatable bonds is 6. The molecule has 0 radical (unpaired) electrons. The lowest BCUT2D eigenvalue weighted by atomic mass is 10.1. The lowest BCUT2D eigenvalue weighted by Gasteiger charge is -2.09. The van der Waals surface area contributed by atoms with Gasteiger partial charge in [0.2, 0.25) is 0 Å². The van der Waals surface area contributed by atoms with Crippen LogP contribution in [0.5, 0.6) is 0 Å². The van der Waals surface area contributed by atoms with Crippen molar-refractivity contribution in [1.82, 2.24) is 5.32 Å². The molecule has 0 aromatic rings. The van der Waals surface area contributed by atoms with Crippen LogP contribution in [0.3, 0.4) is 0 Å². The third kappa shape index (κ3) is 6.73. The van der Waals surface area contributed by atoms with Gasteiger partial charge in [0.15, 0.2) is 0 Å². The van der Waals surface area contributed by atoms with Crippen molar-refractivity contribution in [3.63, 3.8) is 0 Å². The van der Waals surface area contributed by atoms with Crippen LogP contribution < -0.4 is 5.32 Å². The molecule has 1 N–H and O–H groups in total. The van der Waals surface area contributed by atoms with Crippen molar-refractivity contribution in [2.45, 2.75) is 31.9 Å². The minimum Gasteiger partial charge on any atom is -0.381 e. The lowest BCUT2D eigenvalue weighted by Crippen LogP contribution is -2.24. The molecule has 90 valence electrons. The number of unbranched alkanes of at least 4 members (excludes halogenated alkanes) is 1. The van der Waals surface area contributed by atoms with E-state index in [-0.39, 0.29) is 6.42 Å². The maximum atomic E-state index is 11.8. The molecule has 5 heteroatoms. The second-order valence-corrected chi connectivity index (χ2v) is 4.01. The topological polar surface area (TPSA) is 21.3 Å². The molecule has 0 bridgehead atoms. The summed E-state index contributed by atoms with van der Waals surface area (Å²) < 4.78 is 40.5. The van der Waals surface area contributed by atoms with Gasteiger partial charge in [-0.25, -0.2) is 0 Å². The van der Waals surface area contributed by atoms with E-state index in [2.05, 4.69) is 5.32 Å². The molecule has 1 unspecified atom stereocenters. The van der Waals surface area contributed by atoms with E-state index < -0.39 is 12.6 Å². The average Bonchev–Trinajstić information content (AvgIpc) is 2.61. The smallest absolute Gasteiger partial charge is 0.381 e. The van der Waals surface area contributed by atoms with Gasteiger partial charge in [0.1, 0.15) is 0 Å². The molecule has 0 aromatic carbocycles. The monoisotopic (exact) mass is 225 g/mol. The van der Waals surface area contributed by atoms with Crippen LogP contribution in [-0.4, -0.2) is 32.5 Å². The fraction of sp³-hybridized carbons (Fsp3) is 1.00. The second kappa shape index (κ2) is 6.33. The molecule has 1 saturated heterocycles. The van der Waals surface area contributed by atoms with Gasteiger partial charge in [-0.1, -0.05) is 0 Å². The predicted octanol–water partition coefficient (Wildman–Crippen LogP) is 2.35. The van der Waals surface area contributed by atoms with E-state index in [1.165, 1.54) is 0 Å². The second-order valence-electron chi connectivity index (χ2n) is 4.01. The number of hydrogen-bond acceptors (Lipinski definition) is 2. The van der Waals surface area contributed by atoms with Crippen molar-refractivity contribution in [3.8, 4) is 0 Å². The molecule has 0 aliphatic carbocycles. The summed E-state index contributed by atoms with van der Waals surface area (Å²) in [4.78, 5) is 0. The van der Waals surface area contributed by atoms with Crippen molar-refractivity contribution in [1.29, 1.82) is 0 Å². The van der Waals surface area contributed by atoms with Gasteiger partial charge < -0.3 is 10.1 Å². The number of hydrogen-bond donors (Lipinski definition) is 1. The highest BCUT2D eigenvalue weighted by atomic mass is 19.4. The Labute approximate surface area is 88.2 Å². The van der Waals surface area contributed by atoms with E-state index >= 15 is 0 Å². The maximum absolute atomic E-state index is 11.8. The van der Waals surface area contributed by atoms with Crippen molar-refractivity contribution >= 4 is 0 Å². The van der Waals surface area contributed by atoms with Gasteiger partial charge in [-0.15, -0.1) is 0 Å². The zero-order valence-electron chi connectivity index (χ0n) is 8.78. The van der Waals surface area contributed by atoms with Gasteiger partial charge in [-0.3, -0.25) is 0 Å². The van der Waals surface area contributed by atoms with Crippen LogP contribution in [0, 0.1) is 5.92 Å². The number of ether oxygens (including phenoxy) is 1. The largest absolute Gasteiger partial charge is 0.389 e. The molecule has 1 rings (SSSR count). The molecule has 0 saturated carbocycles. The summed E-state index contributed by atoms with van der Waals surface area (Å²) in [6.07, 6.45) is -2.79. The molecule has 0 aromatic heterocycles. The zero-order valence-corrected chi connectivity index (χ0v) is 8.78. The van der Waals surface area contributed by atoms with Crippen molar-refractivity contribution in [2.75, 3.05) is 26.3 Å². The van der Waals surface area contributed by atoms with Crippen LogP contribution in [0.1, 0.15) is 25.7 Å². The zero-order chi connectivity index (χ0) is 11.1. The normalized spacial score (nSPS) is 22.2. The van der Waals surface area contributed by atoms with Gasteiger partial charge in [-0.2, -0.15) is 13.2 Å². The van der Waals surface area contributed by atoms with Crippen LogP contribution in [0.25, 0.3) is 0 Å². The lowest BCUT2D eigenvalue weighted by molar-refractivity contribution is -0.135. The summed E-state index contributed by atoms with van der Waals surface area (Å²) in [5, 5.41) is 3.17. The van der Waals surface area contributed by atoms with Crippen molar-refractivity contribution < 1.29 is 17.9 Å². The Morgan fingerprint density at radius 1 is 1.27 bits per heavy atom. The first-order valence-electron chi connectivity index (χ1n) is 5.43. The maximum Gasteiger partial charge on any atom is 0.389 e. The summed E-state index contributed by atoms with van der Waals surface area (Å²) >= 11 is 0. The highest BCUT2D eigenvalue weighted by Crippen LogP contribution is 2.21. The van der Waals surface area contributed by atoms with E-state index in [1.54, 1.807) is 0 Å². The van der Waals surface area contributed by atoms with Crippen molar-refractivity contribution in [2.24, 2.45) is 5.92 Å². The highest BCUT2D eigenvalue weighted by Gasteiger charge is 2.25. The van der Waals surface area contributed by atoms with Crippen LogP contribution in [0.2, 0.25) is 0 Å². The molecule has 0 amide bonds. The molecule has 2 nitrogen and oxygen atoms in total. The average molecular weight is 225 g/mol. The molecule has 1 heterocycles. The molecule has 1 aliphatic rings. The van der Waals surface area contributed by atoms with Gasteiger partial charge in [0.25, 0.3) is 0 Å². The molecule has 0 spiro atoms. The van der Waals surface area contributed by atoms with Crippen LogP contribution >= 0.6 is 0 Å². The van der Waals surface area contributed by atoms with E-state index in [1.807, 2.05) is 0 Å². The third-order valence-corrected chi connectivity index (χ3v) is 2.52. The van der Waals surface area contributed by atoms with E-state index in [0.717, 1.165) is 26.2 Å². The Bertz CT molecular complexity index is 167. The number of alkyl halides is 3. The molecule has 1 atom stereocenters. The molecule has 1 fully saturated rings. The first-order valence-corrected chi connectivity index (χ1v) is 5.43. The predicted molar refractivity (Wildman–Crippen MR) is 51.7 cm³/mol. The summed E-state index contributed by atoms with van der Waals surface area (Å²) in [5.74, 6) is 0.549. The quantitative estimate of drug-likeness (QED) is 0.700. The van der Waals surface area contributed by atoms with Crippen LogP contribution in [0.4, 0.5) is 13.2 Å². The molecular weight excluding hydrogens is 207 g/mol. The standard InChI is InChI=1S/C10H18F3NO/c11-10(12,13)4-1-2-5-14-7-9-3-6-15-8-9/h9,14H,1-8H2. The first kappa shape index (κ1) is 12.8. The fourth-order valence-electron chi connectivity index (χ4n) is 1.63. The van der Waals surface area contributed by atoms with Gasteiger partial charge in [-0.05, 0) is 31.7 Å². The Balaban J connectivity index is 1.84. The van der Waals surface area contributed by atoms with E-state index in [0.29, 0.717) is 18.9 Å². The Morgan fingerprint density at radius 2 is 2.07 bits per heavy atom. The summed E-state index contributed by atoms with van der Waals surface area (Å²) in [5.41, 5.74) is 0. The SMILES string of the molecule is FC(F)(F)CCCCNCC1CCOC1. The van der Waals surface area contributed by atoms with Crippen molar-refractivity contribution in [3.05, 3.63) is 0 Å². The summed E-state index contributed by atoms with van der Waals surface area (Å²) in [6.45, 7) is 3.15. The third-order valence-electron chi connectivity index (χ3n) is 2.52. The van der Waals surface area contributed by atoms with E-state index in [4.69, 9.17) is 4.74 Å². The number of nitrogens with one attached hydrogen (secondary N) is 1. The Kier molecular flexibility index (Phi) is 5.39. The molecule has 1 aliphatic heterocycles. The molecular formula is C10H18F3NO. The Hall–Kier alpha value is -0.290. The van der Waals surface area contributed by atoms with Gasteiger partial charge in [0.05, 0.1) is 6.61 Å². The highest BCUT2D eigenvalue weighted by molar-refractivity contribution is 4.66. The molecule has 15 heavy (non-hydrogen) atoms. The minimum atomic E-state index is -4.00.